The monoisotopic (exact) mass is 420 g/mol. The second kappa shape index (κ2) is 7.65. The molecule has 2 aliphatic rings. The minimum Gasteiger partial charge on any atom is -0.477 e. The van der Waals surface area contributed by atoms with E-state index in [0.29, 0.717) is 24.5 Å². The number of hydrogen-bond acceptors (Lipinski definition) is 8. The van der Waals surface area contributed by atoms with E-state index in [1.165, 1.54) is 10.9 Å². The normalized spacial score (nSPS) is 18.1. The highest BCUT2D eigenvalue weighted by atomic mass is 19.1. The second-order valence-corrected chi connectivity index (χ2v) is 7.60. The molecule has 11 heteroatoms. The maximum atomic E-state index is 15.7. The Bertz CT molecular complexity index is 1070. The van der Waals surface area contributed by atoms with Crippen molar-refractivity contribution < 1.29 is 19.0 Å². The molecule has 0 aliphatic carbocycles. The smallest absolute Gasteiger partial charge is 0.341 e. The number of nitrogen functional groups attached to an aromatic ring is 1. The molecular formula is C19H25FN6O4. The Morgan fingerprint density at radius 3 is 2.90 bits per heavy atom. The standard InChI is InChI=1S/C19H25FN6O4/c1-3-22-6-10-4-5-25(7-10)16-13(20)14(23-21)12-15-18(16)30-9-24(2)26(15)8-11(17(12)27)19(28)29/h8,10,22-23H,3-7,9,21H2,1-2H3,(H,28,29). The molecule has 2 aromatic rings. The van der Waals surface area contributed by atoms with Gasteiger partial charge in [-0.3, -0.25) is 20.3 Å². The molecule has 0 amide bonds. The molecule has 3 heterocycles. The third kappa shape index (κ3) is 3.01. The second-order valence-electron chi connectivity index (χ2n) is 7.60. The highest BCUT2D eigenvalue weighted by molar-refractivity contribution is 6.04. The van der Waals surface area contributed by atoms with Gasteiger partial charge in [-0.2, -0.15) is 0 Å². The van der Waals surface area contributed by atoms with Crippen molar-refractivity contribution in [2.75, 3.05) is 55.3 Å². The summed E-state index contributed by atoms with van der Waals surface area (Å²) >= 11 is 0. The summed E-state index contributed by atoms with van der Waals surface area (Å²) in [5.41, 5.74) is 1.27. The number of aromatic carboxylic acids is 1. The number of carbonyl (C=O) groups is 1. The predicted octanol–water partition coefficient (Wildman–Crippen LogP) is 0.478. The van der Waals surface area contributed by atoms with Crippen LogP contribution in [-0.2, 0) is 0 Å². The number of benzene rings is 1. The molecule has 0 spiro atoms. The Morgan fingerprint density at radius 2 is 2.23 bits per heavy atom. The first-order chi connectivity index (χ1) is 14.4. The quantitative estimate of drug-likeness (QED) is 0.390. The number of nitrogens with zero attached hydrogens (tertiary/aromatic N) is 3. The molecule has 0 bridgehead atoms. The lowest BCUT2D eigenvalue weighted by Crippen LogP contribution is -2.40. The molecule has 0 saturated carbocycles. The molecule has 1 aromatic heterocycles. The first-order valence-corrected chi connectivity index (χ1v) is 9.83. The van der Waals surface area contributed by atoms with Crippen LogP contribution in [-0.4, -0.2) is 55.7 Å². The number of nitrogens with one attached hydrogen (secondary N) is 2. The van der Waals surface area contributed by atoms with Gasteiger partial charge in [0.1, 0.15) is 22.5 Å². The van der Waals surface area contributed by atoms with Crippen LogP contribution in [0.1, 0.15) is 23.7 Å². The summed E-state index contributed by atoms with van der Waals surface area (Å²) in [6.07, 6.45) is 2.12. The molecule has 1 unspecified atom stereocenters. The van der Waals surface area contributed by atoms with Gasteiger partial charge in [0.15, 0.2) is 18.3 Å². The Kier molecular flexibility index (Phi) is 5.16. The Morgan fingerprint density at radius 1 is 1.47 bits per heavy atom. The van der Waals surface area contributed by atoms with Crippen molar-refractivity contribution in [3.05, 3.63) is 27.8 Å². The van der Waals surface area contributed by atoms with Crippen LogP contribution in [0.15, 0.2) is 11.0 Å². The zero-order valence-corrected chi connectivity index (χ0v) is 16.9. The van der Waals surface area contributed by atoms with E-state index in [1.807, 2.05) is 11.8 Å². The van der Waals surface area contributed by atoms with Gasteiger partial charge in [0.05, 0.1) is 5.39 Å². The van der Waals surface area contributed by atoms with Gasteiger partial charge >= 0.3 is 5.97 Å². The van der Waals surface area contributed by atoms with Gasteiger partial charge in [-0.05, 0) is 25.4 Å². The van der Waals surface area contributed by atoms with Gasteiger partial charge < -0.3 is 25.5 Å². The molecule has 0 radical (unpaired) electrons. The van der Waals surface area contributed by atoms with Crippen molar-refractivity contribution in [1.82, 2.24) is 9.99 Å². The SMILES string of the molecule is CCNCC1CCN(c2c(F)c(NN)c3c(=O)c(C(=O)O)cn4c3c2OCN4C)C1. The number of nitrogens with two attached hydrogens (primary N) is 1. The van der Waals surface area contributed by atoms with Crippen LogP contribution in [0, 0.1) is 11.7 Å². The van der Waals surface area contributed by atoms with Crippen LogP contribution < -0.4 is 36.7 Å². The molecule has 1 aromatic carbocycles. The van der Waals surface area contributed by atoms with E-state index in [4.69, 9.17) is 10.6 Å². The van der Waals surface area contributed by atoms with Crippen LogP contribution in [0.3, 0.4) is 0 Å². The van der Waals surface area contributed by atoms with Crippen molar-refractivity contribution in [3.8, 4) is 5.75 Å². The minimum absolute atomic E-state index is 0.0700. The molecule has 1 atom stereocenters. The predicted molar refractivity (Wildman–Crippen MR) is 111 cm³/mol. The van der Waals surface area contributed by atoms with Crippen LogP contribution >= 0.6 is 0 Å². The summed E-state index contributed by atoms with van der Waals surface area (Å²) in [4.78, 5) is 26.4. The lowest BCUT2D eigenvalue weighted by atomic mass is 10.1. The third-order valence-corrected chi connectivity index (χ3v) is 5.72. The zero-order chi connectivity index (χ0) is 21.6. The van der Waals surface area contributed by atoms with Gasteiger partial charge in [0.25, 0.3) is 0 Å². The summed E-state index contributed by atoms with van der Waals surface area (Å²) in [6, 6.07) is 0. The molecule has 1 fully saturated rings. The van der Waals surface area contributed by atoms with Gasteiger partial charge in [-0.15, -0.1) is 0 Å². The number of pyridine rings is 1. The van der Waals surface area contributed by atoms with Crippen LogP contribution in [0.2, 0.25) is 0 Å². The number of ether oxygens (including phenoxy) is 1. The van der Waals surface area contributed by atoms with Crippen molar-refractivity contribution >= 4 is 28.2 Å². The summed E-state index contributed by atoms with van der Waals surface area (Å²) in [7, 11) is 1.68. The summed E-state index contributed by atoms with van der Waals surface area (Å²) in [5, 5.41) is 14.2. The molecule has 5 N–H and O–H groups in total. The minimum atomic E-state index is -1.40. The van der Waals surface area contributed by atoms with E-state index < -0.39 is 22.8 Å². The van der Waals surface area contributed by atoms with Crippen molar-refractivity contribution in [1.29, 1.82) is 0 Å². The highest BCUT2D eigenvalue weighted by Gasteiger charge is 2.35. The first-order valence-electron chi connectivity index (χ1n) is 9.83. The van der Waals surface area contributed by atoms with E-state index in [-0.39, 0.29) is 29.2 Å². The average molecular weight is 420 g/mol. The molecule has 2 aliphatic heterocycles. The first kappa shape index (κ1) is 20.2. The van der Waals surface area contributed by atoms with Crippen LogP contribution in [0.5, 0.6) is 5.75 Å². The summed E-state index contributed by atoms with van der Waals surface area (Å²) in [6.45, 7) is 5.06. The number of anilines is 2. The number of hydrazine groups is 1. The molecule has 4 rings (SSSR count). The Hall–Kier alpha value is -3.05. The van der Waals surface area contributed by atoms with E-state index in [0.717, 1.165) is 19.5 Å². The van der Waals surface area contributed by atoms with E-state index in [2.05, 4.69) is 10.7 Å². The fraction of sp³-hybridized carbons (Fsp3) is 0.474. The topological polar surface area (TPSA) is 125 Å². The van der Waals surface area contributed by atoms with Gasteiger partial charge in [0, 0.05) is 26.3 Å². The van der Waals surface area contributed by atoms with Gasteiger partial charge in [-0.25, -0.2) is 9.18 Å². The number of rotatable bonds is 6. The Labute approximate surface area is 171 Å². The average Bonchev–Trinajstić information content (AvgIpc) is 3.18. The number of carboxylic acid groups (broad SMARTS) is 1. The van der Waals surface area contributed by atoms with Crippen molar-refractivity contribution in [2.45, 2.75) is 13.3 Å². The van der Waals surface area contributed by atoms with Crippen molar-refractivity contribution in [2.24, 2.45) is 11.8 Å². The van der Waals surface area contributed by atoms with Crippen LogP contribution in [0.25, 0.3) is 10.9 Å². The van der Waals surface area contributed by atoms with Crippen molar-refractivity contribution in [3.63, 3.8) is 0 Å². The van der Waals surface area contributed by atoms with Crippen LogP contribution in [0.4, 0.5) is 15.8 Å². The fourth-order valence-corrected chi connectivity index (χ4v) is 4.24. The zero-order valence-electron chi connectivity index (χ0n) is 16.9. The lowest BCUT2D eigenvalue weighted by Gasteiger charge is -2.34. The molecule has 30 heavy (non-hydrogen) atoms. The van der Waals surface area contributed by atoms with E-state index in [9.17, 15) is 14.7 Å². The fourth-order valence-electron chi connectivity index (χ4n) is 4.24. The summed E-state index contributed by atoms with van der Waals surface area (Å²) in [5.74, 6) is 4.05. The summed E-state index contributed by atoms with van der Waals surface area (Å²) < 4.78 is 23.0. The van der Waals surface area contributed by atoms with E-state index in [1.54, 1.807) is 12.1 Å². The molecule has 1 saturated heterocycles. The van der Waals surface area contributed by atoms with Gasteiger partial charge in [0.2, 0.25) is 5.43 Å². The molecule has 162 valence electrons. The highest BCUT2D eigenvalue weighted by Crippen LogP contribution is 2.45. The Balaban J connectivity index is 1.97. The molecular weight excluding hydrogens is 395 g/mol. The van der Waals surface area contributed by atoms with Gasteiger partial charge in [-0.1, -0.05) is 6.92 Å². The third-order valence-electron chi connectivity index (χ3n) is 5.72. The van der Waals surface area contributed by atoms with E-state index >= 15 is 4.39 Å². The maximum Gasteiger partial charge on any atom is 0.341 e. The lowest BCUT2D eigenvalue weighted by molar-refractivity contribution is 0.0694. The number of halogens is 1. The largest absolute Gasteiger partial charge is 0.477 e. The number of carboxylic acids is 1. The molecule has 10 nitrogen and oxygen atoms in total. The maximum absolute atomic E-state index is 15.7. The number of aromatic nitrogens is 1. The number of hydrogen-bond donors (Lipinski definition) is 4.